The van der Waals surface area contributed by atoms with Crippen LogP contribution in [0.1, 0.15) is 32.6 Å². The Bertz CT molecular complexity index is 596. The van der Waals surface area contributed by atoms with Crippen LogP contribution in [0, 0.1) is 5.92 Å². The average Bonchev–Trinajstić information content (AvgIpc) is 3.20. The first-order valence-corrected chi connectivity index (χ1v) is 11.8. The van der Waals surface area contributed by atoms with Crippen LogP contribution in [0.4, 0.5) is 0 Å². The van der Waals surface area contributed by atoms with Gasteiger partial charge in [-0.2, -0.15) is 0 Å². The number of thioether (sulfide) groups is 1. The molecule has 2 aliphatic rings. The molecule has 0 aliphatic carbocycles. The number of halogens is 1. The van der Waals surface area contributed by atoms with E-state index in [1.165, 1.54) is 17.1 Å². The summed E-state index contributed by atoms with van der Waals surface area (Å²) in [4.78, 5) is 11.2. The predicted molar refractivity (Wildman–Crippen MR) is 135 cm³/mol. The molecule has 1 unspecified atom stereocenters. The Kier molecular flexibility index (Phi) is 11.7. The van der Waals surface area contributed by atoms with E-state index >= 15 is 0 Å². The summed E-state index contributed by atoms with van der Waals surface area (Å²) < 4.78 is 0. The molecular formula is C22H37IN4OS. The zero-order valence-electron chi connectivity index (χ0n) is 17.6. The van der Waals surface area contributed by atoms with Gasteiger partial charge in [0.05, 0.1) is 6.10 Å². The molecule has 0 aromatic heterocycles. The lowest BCUT2D eigenvalue weighted by Crippen LogP contribution is -2.40. The van der Waals surface area contributed by atoms with Crippen LogP contribution in [0.2, 0.25) is 0 Å². The number of rotatable bonds is 8. The molecule has 29 heavy (non-hydrogen) atoms. The summed E-state index contributed by atoms with van der Waals surface area (Å²) in [6.45, 7) is 9.30. The van der Waals surface area contributed by atoms with E-state index in [0.29, 0.717) is 0 Å². The molecule has 5 nitrogen and oxygen atoms in total. The third kappa shape index (κ3) is 8.63. The number of aliphatic hydroxyl groups is 1. The number of nitrogens with one attached hydrogen (secondary N) is 1. The standard InChI is InChI=1S/C22H36N4OS.HI/c1-2-23-22(24-12-6-13-25-14-10-20(27)11-15-25)26-16-9-19(17-26)18-28-21-7-4-3-5-8-21;/h3-5,7-8,19-20,27H,2,6,9-18H2,1H3,(H,23,24);1H. The van der Waals surface area contributed by atoms with Crippen LogP contribution < -0.4 is 5.32 Å². The summed E-state index contributed by atoms with van der Waals surface area (Å²) in [6.07, 6.45) is 4.09. The molecule has 0 saturated carbocycles. The largest absolute Gasteiger partial charge is 0.393 e. The zero-order valence-corrected chi connectivity index (χ0v) is 20.8. The normalized spacial score (nSPS) is 21.2. The minimum atomic E-state index is -0.0854. The van der Waals surface area contributed by atoms with Gasteiger partial charge in [-0.1, -0.05) is 18.2 Å². The summed E-state index contributed by atoms with van der Waals surface area (Å²) in [7, 11) is 0. The fourth-order valence-corrected chi connectivity index (χ4v) is 4.99. The minimum Gasteiger partial charge on any atom is -0.393 e. The molecule has 0 amide bonds. The summed E-state index contributed by atoms with van der Waals surface area (Å²) in [6, 6.07) is 10.7. The lowest BCUT2D eigenvalue weighted by atomic mass is 10.1. The second-order valence-electron chi connectivity index (χ2n) is 7.89. The van der Waals surface area contributed by atoms with Crippen molar-refractivity contribution in [3.63, 3.8) is 0 Å². The molecule has 0 radical (unpaired) electrons. The van der Waals surface area contributed by atoms with Crippen molar-refractivity contribution in [2.24, 2.45) is 10.9 Å². The van der Waals surface area contributed by atoms with Gasteiger partial charge in [0.2, 0.25) is 0 Å². The van der Waals surface area contributed by atoms with Gasteiger partial charge in [0.15, 0.2) is 5.96 Å². The highest BCUT2D eigenvalue weighted by Crippen LogP contribution is 2.25. The van der Waals surface area contributed by atoms with Gasteiger partial charge in [0, 0.05) is 49.9 Å². The summed E-state index contributed by atoms with van der Waals surface area (Å²) in [5.74, 6) is 3.00. The second-order valence-corrected chi connectivity index (χ2v) is 8.98. The highest BCUT2D eigenvalue weighted by Gasteiger charge is 2.25. The maximum atomic E-state index is 9.61. The Labute approximate surface area is 197 Å². The molecule has 2 N–H and O–H groups in total. The molecular weight excluding hydrogens is 495 g/mol. The van der Waals surface area contributed by atoms with Crippen LogP contribution in [-0.2, 0) is 0 Å². The Morgan fingerprint density at radius 1 is 1.17 bits per heavy atom. The zero-order chi connectivity index (χ0) is 19.6. The minimum absolute atomic E-state index is 0. The van der Waals surface area contributed by atoms with E-state index in [1.807, 2.05) is 11.8 Å². The Balaban J connectivity index is 0.00000300. The fourth-order valence-electron chi connectivity index (χ4n) is 3.94. The molecule has 3 rings (SSSR count). The number of nitrogens with zero attached hydrogens (tertiary/aromatic N) is 3. The van der Waals surface area contributed by atoms with Crippen LogP contribution in [0.5, 0.6) is 0 Å². The van der Waals surface area contributed by atoms with E-state index in [0.717, 1.165) is 77.0 Å². The van der Waals surface area contributed by atoms with Crippen molar-refractivity contribution < 1.29 is 5.11 Å². The highest BCUT2D eigenvalue weighted by atomic mass is 127. The number of likely N-dealkylation sites (tertiary alicyclic amines) is 2. The van der Waals surface area contributed by atoms with Crippen molar-refractivity contribution >= 4 is 41.7 Å². The van der Waals surface area contributed by atoms with Gasteiger partial charge in [0.25, 0.3) is 0 Å². The third-order valence-electron chi connectivity index (χ3n) is 5.60. The average molecular weight is 533 g/mol. The first-order valence-electron chi connectivity index (χ1n) is 10.9. The number of aliphatic hydroxyl groups excluding tert-OH is 1. The van der Waals surface area contributed by atoms with Gasteiger partial charge in [-0.15, -0.1) is 35.7 Å². The molecule has 1 aromatic rings. The maximum Gasteiger partial charge on any atom is 0.193 e. The Morgan fingerprint density at radius 3 is 2.66 bits per heavy atom. The number of aliphatic imine (C=N–C) groups is 1. The van der Waals surface area contributed by atoms with Gasteiger partial charge in [-0.3, -0.25) is 4.99 Å². The summed E-state index contributed by atoms with van der Waals surface area (Å²) in [5.41, 5.74) is 0. The summed E-state index contributed by atoms with van der Waals surface area (Å²) >= 11 is 1.97. The molecule has 2 saturated heterocycles. The van der Waals surface area contributed by atoms with Gasteiger partial charge in [-0.05, 0) is 57.2 Å². The smallest absolute Gasteiger partial charge is 0.193 e. The van der Waals surface area contributed by atoms with E-state index in [4.69, 9.17) is 4.99 Å². The molecule has 164 valence electrons. The predicted octanol–water partition coefficient (Wildman–Crippen LogP) is 3.53. The molecule has 2 heterocycles. The van der Waals surface area contributed by atoms with Crippen molar-refractivity contribution in [1.82, 2.24) is 15.1 Å². The van der Waals surface area contributed by atoms with Crippen molar-refractivity contribution in [3.8, 4) is 0 Å². The second kappa shape index (κ2) is 13.7. The molecule has 2 fully saturated rings. The molecule has 2 aliphatic heterocycles. The Hall–Kier alpha value is -0.510. The van der Waals surface area contributed by atoms with Crippen molar-refractivity contribution in [2.45, 2.75) is 43.6 Å². The van der Waals surface area contributed by atoms with Crippen molar-refractivity contribution in [2.75, 3.05) is 51.6 Å². The third-order valence-corrected chi connectivity index (χ3v) is 6.84. The summed E-state index contributed by atoms with van der Waals surface area (Å²) in [5, 5.41) is 13.1. The molecule has 1 aromatic carbocycles. The number of benzene rings is 1. The monoisotopic (exact) mass is 532 g/mol. The molecule has 0 spiro atoms. The van der Waals surface area contributed by atoms with Crippen LogP contribution in [-0.4, -0.2) is 78.5 Å². The molecule has 7 heteroatoms. The highest BCUT2D eigenvalue weighted by molar-refractivity contribution is 14.0. The number of hydrogen-bond acceptors (Lipinski definition) is 4. The lowest BCUT2D eigenvalue weighted by molar-refractivity contribution is 0.0824. The topological polar surface area (TPSA) is 51.1 Å². The molecule has 1 atom stereocenters. The van der Waals surface area contributed by atoms with Gasteiger partial charge in [-0.25, -0.2) is 0 Å². The van der Waals surface area contributed by atoms with Gasteiger partial charge >= 0.3 is 0 Å². The van der Waals surface area contributed by atoms with E-state index in [-0.39, 0.29) is 30.1 Å². The number of hydrogen-bond donors (Lipinski definition) is 2. The first-order chi connectivity index (χ1) is 13.7. The number of piperidine rings is 1. The van der Waals surface area contributed by atoms with Crippen LogP contribution in [0.25, 0.3) is 0 Å². The van der Waals surface area contributed by atoms with Gasteiger partial charge < -0.3 is 20.2 Å². The quantitative estimate of drug-likeness (QED) is 0.177. The van der Waals surface area contributed by atoms with Gasteiger partial charge in [0.1, 0.15) is 0 Å². The van der Waals surface area contributed by atoms with E-state index in [2.05, 4.69) is 52.4 Å². The van der Waals surface area contributed by atoms with E-state index < -0.39 is 0 Å². The van der Waals surface area contributed by atoms with E-state index in [1.54, 1.807) is 0 Å². The SMILES string of the molecule is CCNC(=NCCCN1CCC(O)CC1)N1CCC(CSc2ccccc2)C1.I. The Morgan fingerprint density at radius 2 is 1.93 bits per heavy atom. The molecule has 0 bridgehead atoms. The van der Waals surface area contributed by atoms with Crippen LogP contribution in [0.3, 0.4) is 0 Å². The van der Waals surface area contributed by atoms with Crippen LogP contribution in [0.15, 0.2) is 40.2 Å². The fraction of sp³-hybridized carbons (Fsp3) is 0.682. The number of guanidine groups is 1. The van der Waals surface area contributed by atoms with Crippen LogP contribution >= 0.6 is 35.7 Å². The van der Waals surface area contributed by atoms with Crippen molar-refractivity contribution in [1.29, 1.82) is 0 Å². The maximum absolute atomic E-state index is 9.61. The first kappa shape index (κ1) is 24.8. The lowest BCUT2D eigenvalue weighted by Gasteiger charge is -2.29. The van der Waals surface area contributed by atoms with E-state index in [9.17, 15) is 5.11 Å². The van der Waals surface area contributed by atoms with Crippen molar-refractivity contribution in [3.05, 3.63) is 30.3 Å².